The Morgan fingerprint density at radius 1 is 0.848 bits per heavy atom. The van der Waals surface area contributed by atoms with E-state index >= 15 is 0 Å². The molecule has 0 saturated heterocycles. The third-order valence-corrected chi connectivity index (χ3v) is 6.13. The summed E-state index contributed by atoms with van der Waals surface area (Å²) in [5.74, 6) is 0.624. The maximum absolute atomic E-state index is 13.5. The normalized spacial score (nSPS) is 15.0. The monoisotopic (exact) mass is 474 g/mol. The number of hydrogen-bond donors (Lipinski definition) is 1. The molecule has 1 amide bonds. The average Bonchev–Trinajstić information content (AvgIpc) is 2.84. The van der Waals surface area contributed by atoms with E-state index in [0.717, 1.165) is 22.5 Å². The molecular formula is C27H20Cl2N2O2. The third kappa shape index (κ3) is 4.40. The second-order valence-corrected chi connectivity index (χ2v) is 8.54. The van der Waals surface area contributed by atoms with Crippen LogP contribution in [0.25, 0.3) is 0 Å². The maximum Gasteiger partial charge on any atom is 0.262 e. The van der Waals surface area contributed by atoms with E-state index in [0.29, 0.717) is 28.0 Å². The zero-order chi connectivity index (χ0) is 22.8. The Morgan fingerprint density at radius 3 is 2.45 bits per heavy atom. The minimum Gasteiger partial charge on any atom is -0.489 e. The number of ether oxygens (including phenoxy) is 1. The highest BCUT2D eigenvalue weighted by molar-refractivity contribution is 6.35. The van der Waals surface area contributed by atoms with Gasteiger partial charge in [0.1, 0.15) is 18.5 Å². The highest BCUT2D eigenvalue weighted by Gasteiger charge is 2.34. The fraction of sp³-hybridized carbons (Fsp3) is 0.0741. The van der Waals surface area contributed by atoms with Crippen LogP contribution in [-0.4, -0.2) is 5.91 Å². The van der Waals surface area contributed by atoms with Crippen LogP contribution >= 0.6 is 23.2 Å². The molecule has 0 saturated carbocycles. The Morgan fingerprint density at radius 2 is 1.64 bits per heavy atom. The van der Waals surface area contributed by atoms with Crippen molar-refractivity contribution in [3.63, 3.8) is 0 Å². The molecule has 0 radical (unpaired) electrons. The van der Waals surface area contributed by atoms with Crippen molar-refractivity contribution >= 4 is 40.5 Å². The minimum absolute atomic E-state index is 0.0557. The summed E-state index contributed by atoms with van der Waals surface area (Å²) in [6.07, 6.45) is -0.391. The maximum atomic E-state index is 13.5. The van der Waals surface area contributed by atoms with Crippen LogP contribution in [0, 0.1) is 0 Å². The van der Waals surface area contributed by atoms with Gasteiger partial charge in [0.05, 0.1) is 5.56 Å². The molecule has 0 unspecified atom stereocenters. The van der Waals surface area contributed by atoms with Crippen molar-refractivity contribution in [2.45, 2.75) is 12.8 Å². The number of carbonyl (C=O) groups is 1. The summed E-state index contributed by atoms with van der Waals surface area (Å²) in [7, 11) is 0. The first-order valence-corrected chi connectivity index (χ1v) is 11.3. The molecule has 0 aromatic heterocycles. The van der Waals surface area contributed by atoms with E-state index < -0.39 is 6.17 Å². The number of anilines is 2. The van der Waals surface area contributed by atoms with E-state index in [4.69, 9.17) is 27.9 Å². The van der Waals surface area contributed by atoms with Crippen LogP contribution in [0.5, 0.6) is 5.75 Å². The predicted molar refractivity (Wildman–Crippen MR) is 133 cm³/mol. The molecular weight excluding hydrogens is 455 g/mol. The summed E-state index contributed by atoms with van der Waals surface area (Å²) in [6.45, 7) is 0.307. The number of nitrogens with zero attached hydrogens (tertiary/aromatic N) is 1. The zero-order valence-corrected chi connectivity index (χ0v) is 19.1. The number of carbonyl (C=O) groups excluding carboxylic acids is 1. The molecule has 4 aromatic rings. The predicted octanol–water partition coefficient (Wildman–Crippen LogP) is 7.34. The van der Waals surface area contributed by atoms with Crippen molar-refractivity contribution < 1.29 is 9.53 Å². The molecule has 1 atom stereocenters. The molecule has 1 aliphatic heterocycles. The van der Waals surface area contributed by atoms with Crippen LogP contribution < -0.4 is 15.0 Å². The molecule has 0 aliphatic carbocycles. The summed E-state index contributed by atoms with van der Waals surface area (Å²) in [6, 6.07) is 30.3. The molecule has 4 aromatic carbocycles. The molecule has 33 heavy (non-hydrogen) atoms. The van der Waals surface area contributed by atoms with Gasteiger partial charge in [-0.25, -0.2) is 0 Å². The Hall–Kier alpha value is -3.47. The van der Waals surface area contributed by atoms with Gasteiger partial charge in [-0.15, -0.1) is 0 Å². The highest BCUT2D eigenvalue weighted by atomic mass is 35.5. The van der Waals surface area contributed by atoms with E-state index in [2.05, 4.69) is 5.32 Å². The smallest absolute Gasteiger partial charge is 0.262 e. The van der Waals surface area contributed by atoms with Gasteiger partial charge in [0, 0.05) is 27.0 Å². The van der Waals surface area contributed by atoms with Crippen molar-refractivity contribution in [2.75, 3.05) is 10.2 Å². The summed E-state index contributed by atoms with van der Waals surface area (Å²) < 4.78 is 6.02. The molecule has 4 nitrogen and oxygen atoms in total. The van der Waals surface area contributed by atoms with Crippen LogP contribution in [0.15, 0.2) is 97.1 Å². The van der Waals surface area contributed by atoms with Gasteiger partial charge in [0.2, 0.25) is 0 Å². The van der Waals surface area contributed by atoms with Crippen LogP contribution in [-0.2, 0) is 6.61 Å². The topological polar surface area (TPSA) is 41.6 Å². The van der Waals surface area contributed by atoms with Crippen LogP contribution in [0.3, 0.4) is 0 Å². The number of para-hydroxylation sites is 2. The number of benzene rings is 4. The van der Waals surface area contributed by atoms with Gasteiger partial charge in [-0.1, -0.05) is 71.7 Å². The highest BCUT2D eigenvalue weighted by Crippen LogP contribution is 2.37. The lowest BCUT2D eigenvalue weighted by molar-refractivity contribution is 0.0975. The molecule has 5 rings (SSSR count). The molecule has 0 fully saturated rings. The van der Waals surface area contributed by atoms with Gasteiger partial charge in [0.25, 0.3) is 5.91 Å². The van der Waals surface area contributed by atoms with Crippen LogP contribution in [0.1, 0.15) is 27.7 Å². The van der Waals surface area contributed by atoms with Crippen molar-refractivity contribution in [1.29, 1.82) is 0 Å². The zero-order valence-electron chi connectivity index (χ0n) is 17.5. The summed E-state index contributed by atoms with van der Waals surface area (Å²) in [5, 5.41) is 4.67. The average molecular weight is 475 g/mol. The fourth-order valence-corrected chi connectivity index (χ4v) is 4.38. The number of rotatable bonds is 5. The number of nitrogens with one attached hydrogen (secondary N) is 1. The SMILES string of the molecule is O=C1c2ccccc2N[C@H](c2cccc(OCc3ccc(Cl)cc3Cl)c2)N1c1ccccc1. The standard InChI is InChI=1S/C27H20Cl2N2O2/c28-20-14-13-19(24(29)16-20)17-33-22-10-6-7-18(15-22)26-30-25-12-5-4-11-23(25)27(32)31(26)21-8-2-1-3-9-21/h1-16,26,30H,17H2/t26-/m0/s1. The quantitative estimate of drug-likeness (QED) is 0.328. The molecule has 164 valence electrons. The van der Waals surface area contributed by atoms with E-state index in [-0.39, 0.29) is 5.91 Å². The molecule has 0 bridgehead atoms. The van der Waals surface area contributed by atoms with E-state index in [1.54, 1.807) is 17.0 Å². The van der Waals surface area contributed by atoms with Gasteiger partial charge in [-0.2, -0.15) is 0 Å². The Bertz CT molecular complexity index is 1310. The Kier molecular flexibility index (Phi) is 5.95. The number of hydrogen-bond acceptors (Lipinski definition) is 3. The fourth-order valence-electron chi connectivity index (χ4n) is 3.92. The molecule has 1 N–H and O–H groups in total. The van der Waals surface area contributed by atoms with Gasteiger partial charge in [-0.3, -0.25) is 9.69 Å². The van der Waals surface area contributed by atoms with E-state index in [9.17, 15) is 4.79 Å². The minimum atomic E-state index is -0.391. The number of fused-ring (bicyclic) bond motifs is 1. The second-order valence-electron chi connectivity index (χ2n) is 7.70. The lowest BCUT2D eigenvalue weighted by Gasteiger charge is -2.38. The molecule has 1 heterocycles. The molecule has 0 spiro atoms. The Balaban J connectivity index is 1.47. The van der Waals surface area contributed by atoms with Crippen molar-refractivity contribution in [3.05, 3.63) is 124 Å². The van der Waals surface area contributed by atoms with E-state index in [1.165, 1.54) is 0 Å². The van der Waals surface area contributed by atoms with Crippen molar-refractivity contribution in [1.82, 2.24) is 0 Å². The largest absolute Gasteiger partial charge is 0.489 e. The summed E-state index contributed by atoms with van der Waals surface area (Å²) in [4.78, 5) is 15.3. The third-order valence-electron chi connectivity index (χ3n) is 5.54. The molecule has 6 heteroatoms. The van der Waals surface area contributed by atoms with Gasteiger partial charge < -0.3 is 10.1 Å². The van der Waals surface area contributed by atoms with Crippen molar-refractivity contribution in [2.24, 2.45) is 0 Å². The first kappa shape index (κ1) is 21.4. The Labute approximate surface area is 202 Å². The first-order chi connectivity index (χ1) is 16.1. The van der Waals surface area contributed by atoms with Crippen LogP contribution in [0.4, 0.5) is 11.4 Å². The first-order valence-electron chi connectivity index (χ1n) is 10.5. The van der Waals surface area contributed by atoms with Crippen LogP contribution in [0.2, 0.25) is 10.0 Å². The van der Waals surface area contributed by atoms with Crippen molar-refractivity contribution in [3.8, 4) is 5.75 Å². The lowest BCUT2D eigenvalue weighted by atomic mass is 10.0. The summed E-state index contributed by atoms with van der Waals surface area (Å²) >= 11 is 12.3. The van der Waals surface area contributed by atoms with Gasteiger partial charge in [0.15, 0.2) is 0 Å². The van der Waals surface area contributed by atoms with E-state index in [1.807, 2.05) is 84.9 Å². The van der Waals surface area contributed by atoms with Gasteiger partial charge in [-0.05, 0) is 54.1 Å². The van der Waals surface area contributed by atoms with Gasteiger partial charge >= 0.3 is 0 Å². The lowest BCUT2D eigenvalue weighted by Crippen LogP contribution is -2.43. The number of amides is 1. The second kappa shape index (κ2) is 9.18. The molecule has 1 aliphatic rings. The number of halogens is 2. The summed E-state index contributed by atoms with van der Waals surface area (Å²) in [5.41, 5.74) is 4.01.